The third-order valence-corrected chi connectivity index (χ3v) is 3.94. The molecule has 0 bridgehead atoms. The maximum atomic E-state index is 11.2. The van der Waals surface area contributed by atoms with E-state index in [2.05, 4.69) is 6.58 Å². The standard InChI is InChI=1S/C21H24O6/c1-15(2)21(22)25-11-9-23-8-10-24-20-5-3-4-16-12-17(6-7-19(16)20)26-13-18-14-27-18/h3-7,12,18H,1,8-11,13-14H2,2H3. The minimum Gasteiger partial charge on any atom is -0.491 e. The number of epoxide rings is 1. The van der Waals surface area contributed by atoms with Gasteiger partial charge in [-0.05, 0) is 36.6 Å². The zero-order chi connectivity index (χ0) is 19.1. The van der Waals surface area contributed by atoms with Gasteiger partial charge in [0.1, 0.15) is 37.4 Å². The van der Waals surface area contributed by atoms with Gasteiger partial charge in [-0.25, -0.2) is 4.79 Å². The van der Waals surface area contributed by atoms with Crippen LogP contribution in [0.2, 0.25) is 0 Å². The van der Waals surface area contributed by atoms with Gasteiger partial charge in [-0.15, -0.1) is 0 Å². The SMILES string of the molecule is C=C(C)C(=O)OCCOCCOc1cccc2cc(OCC3CO3)ccc12. The fraction of sp³-hybridized carbons (Fsp3) is 0.381. The summed E-state index contributed by atoms with van der Waals surface area (Å²) < 4.78 is 27.1. The van der Waals surface area contributed by atoms with Crippen molar-refractivity contribution >= 4 is 16.7 Å². The second kappa shape index (κ2) is 9.39. The highest BCUT2D eigenvalue weighted by Gasteiger charge is 2.23. The Labute approximate surface area is 158 Å². The molecule has 2 aromatic rings. The molecule has 0 N–H and O–H groups in total. The zero-order valence-electron chi connectivity index (χ0n) is 15.4. The van der Waals surface area contributed by atoms with Gasteiger partial charge >= 0.3 is 5.97 Å². The van der Waals surface area contributed by atoms with Crippen molar-refractivity contribution in [2.75, 3.05) is 39.6 Å². The molecule has 1 fully saturated rings. The van der Waals surface area contributed by atoms with Crippen LogP contribution in [-0.2, 0) is 19.0 Å². The molecular weight excluding hydrogens is 348 g/mol. The largest absolute Gasteiger partial charge is 0.491 e. The molecule has 1 aliphatic heterocycles. The van der Waals surface area contributed by atoms with Crippen LogP contribution >= 0.6 is 0 Å². The molecule has 1 unspecified atom stereocenters. The highest BCUT2D eigenvalue weighted by Crippen LogP contribution is 2.29. The fourth-order valence-corrected chi connectivity index (χ4v) is 2.43. The van der Waals surface area contributed by atoms with Gasteiger partial charge in [0.15, 0.2) is 0 Å². The van der Waals surface area contributed by atoms with E-state index in [1.165, 1.54) is 0 Å². The number of esters is 1. The number of rotatable bonds is 11. The molecule has 0 amide bonds. The molecule has 1 saturated heterocycles. The van der Waals surface area contributed by atoms with Gasteiger partial charge < -0.3 is 23.7 Å². The molecule has 0 aromatic heterocycles. The second-order valence-electron chi connectivity index (χ2n) is 6.28. The third kappa shape index (κ3) is 5.98. The van der Waals surface area contributed by atoms with Crippen LogP contribution in [0, 0.1) is 0 Å². The van der Waals surface area contributed by atoms with Crippen molar-refractivity contribution in [2.45, 2.75) is 13.0 Å². The molecule has 1 aliphatic rings. The van der Waals surface area contributed by atoms with E-state index >= 15 is 0 Å². The molecule has 2 aromatic carbocycles. The second-order valence-corrected chi connectivity index (χ2v) is 6.28. The lowest BCUT2D eigenvalue weighted by Gasteiger charge is -2.11. The van der Waals surface area contributed by atoms with Crippen LogP contribution in [-0.4, -0.2) is 51.7 Å². The number of benzene rings is 2. The van der Waals surface area contributed by atoms with Crippen molar-refractivity contribution in [3.8, 4) is 11.5 Å². The summed E-state index contributed by atoms with van der Waals surface area (Å²) in [4.78, 5) is 11.2. The molecular formula is C21H24O6. The third-order valence-electron chi connectivity index (χ3n) is 3.94. The Morgan fingerprint density at radius 2 is 1.96 bits per heavy atom. The Kier molecular flexibility index (Phi) is 6.68. The molecule has 27 heavy (non-hydrogen) atoms. The summed E-state index contributed by atoms with van der Waals surface area (Å²) in [6, 6.07) is 11.8. The van der Waals surface area contributed by atoms with Crippen molar-refractivity contribution in [3.05, 3.63) is 48.6 Å². The molecule has 6 heteroatoms. The van der Waals surface area contributed by atoms with Crippen molar-refractivity contribution in [3.63, 3.8) is 0 Å². The lowest BCUT2D eigenvalue weighted by molar-refractivity contribution is -0.140. The Morgan fingerprint density at radius 1 is 1.15 bits per heavy atom. The van der Waals surface area contributed by atoms with E-state index in [1.54, 1.807) is 6.92 Å². The van der Waals surface area contributed by atoms with Crippen LogP contribution in [0.3, 0.4) is 0 Å². The average molecular weight is 372 g/mol. The first kappa shape index (κ1) is 19.2. The highest BCUT2D eigenvalue weighted by atomic mass is 16.6. The van der Waals surface area contributed by atoms with E-state index in [4.69, 9.17) is 23.7 Å². The summed E-state index contributed by atoms with van der Waals surface area (Å²) in [5.41, 5.74) is 0.378. The van der Waals surface area contributed by atoms with E-state index in [1.807, 2.05) is 36.4 Å². The van der Waals surface area contributed by atoms with Gasteiger partial charge in [0.05, 0.1) is 19.8 Å². The Balaban J connectivity index is 1.42. The number of hydrogen-bond acceptors (Lipinski definition) is 6. The molecule has 0 aliphatic carbocycles. The normalized spacial score (nSPS) is 15.4. The lowest BCUT2D eigenvalue weighted by Crippen LogP contribution is -2.13. The predicted octanol–water partition coefficient (Wildman–Crippen LogP) is 3.13. The highest BCUT2D eigenvalue weighted by molar-refractivity contribution is 5.89. The monoisotopic (exact) mass is 372 g/mol. The van der Waals surface area contributed by atoms with Gasteiger partial charge in [0.2, 0.25) is 0 Å². The van der Waals surface area contributed by atoms with Gasteiger partial charge in [-0.2, -0.15) is 0 Å². The Morgan fingerprint density at radius 3 is 2.74 bits per heavy atom. The Hall–Kier alpha value is -2.57. The van der Waals surface area contributed by atoms with Crippen LogP contribution in [0.25, 0.3) is 10.8 Å². The minimum absolute atomic E-state index is 0.203. The smallest absolute Gasteiger partial charge is 0.333 e. The molecule has 0 saturated carbocycles. The summed E-state index contributed by atoms with van der Waals surface area (Å²) in [5, 5.41) is 2.07. The zero-order valence-corrected chi connectivity index (χ0v) is 15.4. The number of carbonyl (C=O) groups excluding carboxylic acids is 1. The van der Waals surface area contributed by atoms with Crippen LogP contribution in [0.1, 0.15) is 6.92 Å². The van der Waals surface area contributed by atoms with E-state index in [0.29, 0.717) is 32.0 Å². The van der Waals surface area contributed by atoms with Crippen molar-refractivity contribution in [1.82, 2.24) is 0 Å². The molecule has 1 atom stereocenters. The van der Waals surface area contributed by atoms with E-state index in [-0.39, 0.29) is 12.7 Å². The Bertz CT molecular complexity index is 796. The molecule has 6 nitrogen and oxygen atoms in total. The summed E-state index contributed by atoms with van der Waals surface area (Å²) >= 11 is 0. The molecule has 0 radical (unpaired) electrons. The molecule has 3 rings (SSSR count). The number of ether oxygens (including phenoxy) is 5. The molecule has 144 valence electrons. The van der Waals surface area contributed by atoms with Crippen molar-refractivity contribution < 1.29 is 28.5 Å². The summed E-state index contributed by atoms with van der Waals surface area (Å²) in [6.07, 6.45) is 0.236. The van der Waals surface area contributed by atoms with Crippen LogP contribution in [0.5, 0.6) is 11.5 Å². The first-order valence-electron chi connectivity index (χ1n) is 8.94. The number of hydrogen-bond donors (Lipinski definition) is 0. The summed E-state index contributed by atoms with van der Waals surface area (Å²) in [7, 11) is 0. The van der Waals surface area contributed by atoms with E-state index in [0.717, 1.165) is 28.9 Å². The summed E-state index contributed by atoms with van der Waals surface area (Å²) in [6.45, 7) is 7.83. The number of carbonyl (C=O) groups is 1. The first-order chi connectivity index (χ1) is 13.1. The van der Waals surface area contributed by atoms with E-state index < -0.39 is 5.97 Å². The first-order valence-corrected chi connectivity index (χ1v) is 8.94. The lowest BCUT2D eigenvalue weighted by atomic mass is 10.1. The maximum absolute atomic E-state index is 11.2. The van der Waals surface area contributed by atoms with Crippen LogP contribution < -0.4 is 9.47 Å². The fourth-order valence-electron chi connectivity index (χ4n) is 2.43. The summed E-state index contributed by atoms with van der Waals surface area (Å²) in [5.74, 6) is 1.21. The van der Waals surface area contributed by atoms with Crippen molar-refractivity contribution in [2.24, 2.45) is 0 Å². The van der Waals surface area contributed by atoms with Crippen LogP contribution in [0.4, 0.5) is 0 Å². The van der Waals surface area contributed by atoms with Crippen molar-refractivity contribution in [1.29, 1.82) is 0 Å². The van der Waals surface area contributed by atoms with Crippen LogP contribution in [0.15, 0.2) is 48.6 Å². The number of fused-ring (bicyclic) bond motifs is 1. The predicted molar refractivity (Wildman–Crippen MR) is 101 cm³/mol. The quantitative estimate of drug-likeness (QED) is 0.261. The average Bonchev–Trinajstić information content (AvgIpc) is 3.49. The molecule has 1 heterocycles. The minimum atomic E-state index is -0.404. The van der Waals surface area contributed by atoms with Gasteiger partial charge in [-0.1, -0.05) is 18.7 Å². The van der Waals surface area contributed by atoms with Gasteiger partial charge in [-0.3, -0.25) is 0 Å². The maximum Gasteiger partial charge on any atom is 0.333 e. The van der Waals surface area contributed by atoms with Gasteiger partial charge in [0.25, 0.3) is 0 Å². The van der Waals surface area contributed by atoms with Gasteiger partial charge in [0, 0.05) is 11.0 Å². The van der Waals surface area contributed by atoms with E-state index in [9.17, 15) is 4.79 Å². The molecule has 0 spiro atoms. The topological polar surface area (TPSA) is 66.5 Å².